The van der Waals surface area contributed by atoms with Crippen LogP contribution in [0.2, 0.25) is 0 Å². The second-order valence-corrected chi connectivity index (χ2v) is 5.57. The zero-order chi connectivity index (χ0) is 12.1. The van der Waals surface area contributed by atoms with Gasteiger partial charge in [-0.25, -0.2) is 0 Å². The Labute approximate surface area is 95.6 Å². The third-order valence-corrected chi connectivity index (χ3v) is 3.21. The molecule has 2 unspecified atom stereocenters. The van der Waals surface area contributed by atoms with Gasteiger partial charge in [-0.05, 0) is 40.0 Å². The van der Waals surface area contributed by atoms with Gasteiger partial charge in [0, 0.05) is 11.6 Å². The summed E-state index contributed by atoms with van der Waals surface area (Å²) in [6.45, 7) is 12.7. The van der Waals surface area contributed by atoms with Crippen molar-refractivity contribution in [1.82, 2.24) is 5.06 Å². The number of hydrogen-bond acceptors (Lipinski definition) is 2. The summed E-state index contributed by atoms with van der Waals surface area (Å²) < 4.78 is 0. The summed E-state index contributed by atoms with van der Waals surface area (Å²) in [7, 11) is 0. The highest BCUT2D eigenvalue weighted by molar-refractivity contribution is 4.78. The summed E-state index contributed by atoms with van der Waals surface area (Å²) in [6, 6.07) is 0.251. The molecule has 0 aromatic heterocycles. The molecule has 0 aliphatic carbocycles. The smallest absolute Gasteiger partial charge is 0.0379 e. The highest BCUT2D eigenvalue weighted by atomic mass is 16.5. The Hall–Kier alpha value is -0.0800. The van der Waals surface area contributed by atoms with E-state index in [1.165, 1.54) is 24.3 Å². The average molecular weight is 215 g/mol. The molecule has 0 saturated heterocycles. The molecule has 0 aromatic rings. The molecule has 0 rings (SSSR count). The van der Waals surface area contributed by atoms with Crippen LogP contribution in [0.1, 0.15) is 67.2 Å². The Morgan fingerprint density at radius 1 is 1.20 bits per heavy atom. The summed E-state index contributed by atoms with van der Waals surface area (Å²) in [4.78, 5) is 0. The second-order valence-electron chi connectivity index (χ2n) is 5.57. The van der Waals surface area contributed by atoms with Gasteiger partial charge in [-0.15, -0.1) is 0 Å². The molecule has 0 aliphatic rings. The van der Waals surface area contributed by atoms with Crippen LogP contribution in [0.25, 0.3) is 0 Å². The first-order valence-corrected chi connectivity index (χ1v) is 6.32. The fourth-order valence-electron chi connectivity index (χ4n) is 2.06. The predicted molar refractivity (Wildman–Crippen MR) is 66.1 cm³/mol. The van der Waals surface area contributed by atoms with Crippen molar-refractivity contribution in [1.29, 1.82) is 0 Å². The summed E-state index contributed by atoms with van der Waals surface area (Å²) in [6.07, 6.45) is 4.88. The first-order chi connectivity index (χ1) is 6.84. The zero-order valence-corrected chi connectivity index (χ0v) is 11.4. The summed E-state index contributed by atoms with van der Waals surface area (Å²) >= 11 is 0. The molecule has 2 heteroatoms. The summed E-state index contributed by atoms with van der Waals surface area (Å²) in [5.41, 5.74) is -0.154. The van der Waals surface area contributed by atoms with Crippen LogP contribution in [0.4, 0.5) is 0 Å². The molecule has 0 heterocycles. The summed E-state index contributed by atoms with van der Waals surface area (Å²) in [5, 5.41) is 11.6. The van der Waals surface area contributed by atoms with Crippen LogP contribution in [-0.2, 0) is 0 Å². The molecule has 0 fully saturated rings. The molecule has 2 nitrogen and oxygen atoms in total. The normalized spacial score (nSPS) is 16.8. The van der Waals surface area contributed by atoms with Crippen LogP contribution in [0.15, 0.2) is 0 Å². The van der Waals surface area contributed by atoms with Crippen molar-refractivity contribution in [2.24, 2.45) is 5.92 Å². The van der Waals surface area contributed by atoms with Gasteiger partial charge in [-0.3, -0.25) is 0 Å². The van der Waals surface area contributed by atoms with Gasteiger partial charge in [0.15, 0.2) is 0 Å². The van der Waals surface area contributed by atoms with E-state index in [2.05, 4.69) is 41.5 Å². The van der Waals surface area contributed by atoms with Gasteiger partial charge >= 0.3 is 0 Å². The van der Waals surface area contributed by atoms with Crippen molar-refractivity contribution in [2.45, 2.75) is 78.8 Å². The highest BCUT2D eigenvalue weighted by Crippen LogP contribution is 2.24. The van der Waals surface area contributed by atoms with Crippen molar-refractivity contribution in [2.75, 3.05) is 0 Å². The van der Waals surface area contributed by atoms with Gasteiger partial charge in [0.05, 0.1) is 0 Å². The number of nitrogens with zero attached hydrogens (tertiary/aromatic N) is 1. The van der Waals surface area contributed by atoms with Crippen molar-refractivity contribution < 1.29 is 5.21 Å². The van der Waals surface area contributed by atoms with Gasteiger partial charge in [-0.1, -0.05) is 33.1 Å². The maximum absolute atomic E-state index is 10.1. The first kappa shape index (κ1) is 14.9. The molecule has 0 bridgehead atoms. The van der Waals surface area contributed by atoms with Gasteiger partial charge in [0.1, 0.15) is 0 Å². The van der Waals surface area contributed by atoms with Gasteiger partial charge in [0.2, 0.25) is 0 Å². The zero-order valence-electron chi connectivity index (χ0n) is 11.4. The third kappa shape index (κ3) is 4.98. The van der Waals surface area contributed by atoms with Crippen LogP contribution < -0.4 is 0 Å². The van der Waals surface area contributed by atoms with E-state index < -0.39 is 0 Å². The Bertz CT molecular complexity index is 162. The number of unbranched alkanes of at least 4 members (excludes halogenated alkanes) is 1. The lowest BCUT2D eigenvalue weighted by Crippen LogP contribution is -2.47. The lowest BCUT2D eigenvalue weighted by molar-refractivity contribution is -0.195. The van der Waals surface area contributed by atoms with E-state index in [4.69, 9.17) is 0 Å². The third-order valence-electron chi connectivity index (χ3n) is 3.21. The minimum Gasteiger partial charge on any atom is -0.313 e. The van der Waals surface area contributed by atoms with Crippen molar-refractivity contribution in [3.63, 3.8) is 0 Å². The van der Waals surface area contributed by atoms with Gasteiger partial charge in [0.25, 0.3) is 0 Å². The minimum absolute atomic E-state index is 0.154. The number of rotatable bonds is 6. The molecule has 0 aliphatic heterocycles. The van der Waals surface area contributed by atoms with Gasteiger partial charge in [-0.2, -0.15) is 5.06 Å². The molecule has 0 spiro atoms. The van der Waals surface area contributed by atoms with Crippen LogP contribution in [-0.4, -0.2) is 21.9 Å². The van der Waals surface area contributed by atoms with E-state index in [0.29, 0.717) is 5.92 Å². The van der Waals surface area contributed by atoms with E-state index in [1.807, 2.05) is 0 Å². The highest BCUT2D eigenvalue weighted by Gasteiger charge is 2.28. The summed E-state index contributed by atoms with van der Waals surface area (Å²) in [5.74, 6) is 0.606. The van der Waals surface area contributed by atoms with Crippen molar-refractivity contribution >= 4 is 0 Å². The number of hydrogen-bond donors (Lipinski definition) is 1. The first-order valence-electron chi connectivity index (χ1n) is 6.32. The largest absolute Gasteiger partial charge is 0.313 e. The van der Waals surface area contributed by atoms with E-state index in [1.54, 1.807) is 0 Å². The molecule has 15 heavy (non-hydrogen) atoms. The lowest BCUT2D eigenvalue weighted by Gasteiger charge is -2.38. The topological polar surface area (TPSA) is 23.5 Å². The van der Waals surface area contributed by atoms with Crippen LogP contribution in [0, 0.1) is 5.92 Å². The monoisotopic (exact) mass is 215 g/mol. The molecule has 2 atom stereocenters. The van der Waals surface area contributed by atoms with E-state index in [0.717, 1.165) is 6.42 Å². The molecule has 0 saturated carbocycles. The average Bonchev–Trinajstić information content (AvgIpc) is 2.16. The maximum atomic E-state index is 10.1. The van der Waals surface area contributed by atoms with Crippen molar-refractivity contribution in [3.8, 4) is 0 Å². The Morgan fingerprint density at radius 2 is 1.73 bits per heavy atom. The molecule has 92 valence electrons. The molecular formula is C13H29NO. The van der Waals surface area contributed by atoms with Crippen molar-refractivity contribution in [3.05, 3.63) is 0 Å². The predicted octanol–water partition coefficient (Wildman–Crippen LogP) is 4.08. The van der Waals surface area contributed by atoms with Crippen LogP contribution in [0.3, 0.4) is 0 Å². The Morgan fingerprint density at radius 3 is 2.07 bits per heavy atom. The van der Waals surface area contributed by atoms with Gasteiger partial charge < -0.3 is 5.21 Å². The van der Waals surface area contributed by atoms with Crippen LogP contribution >= 0.6 is 0 Å². The van der Waals surface area contributed by atoms with E-state index in [9.17, 15) is 5.21 Å². The number of hydroxylamine groups is 2. The van der Waals surface area contributed by atoms with E-state index in [-0.39, 0.29) is 11.6 Å². The quantitative estimate of drug-likeness (QED) is 0.675. The molecule has 0 amide bonds. The Balaban J connectivity index is 4.30. The fourth-order valence-corrected chi connectivity index (χ4v) is 2.06. The fraction of sp³-hybridized carbons (Fsp3) is 1.00. The molecule has 1 N–H and O–H groups in total. The molecule has 0 radical (unpaired) electrons. The minimum atomic E-state index is -0.154. The molecule has 0 aromatic carbocycles. The molecular weight excluding hydrogens is 186 g/mol. The second kappa shape index (κ2) is 6.49. The van der Waals surface area contributed by atoms with E-state index >= 15 is 0 Å². The maximum Gasteiger partial charge on any atom is 0.0379 e. The SMILES string of the molecule is CCCCC(CC)C(C)N(O)C(C)(C)C. The lowest BCUT2D eigenvalue weighted by atomic mass is 9.90. The van der Waals surface area contributed by atoms with Crippen LogP contribution in [0.5, 0.6) is 0 Å². The standard InChI is InChI=1S/C13H29NO/c1-7-9-10-12(8-2)11(3)14(15)13(4,5)6/h11-12,15H,7-10H2,1-6H3. The Kier molecular flexibility index (Phi) is 6.46.